The number of anilines is 1. The smallest absolute Gasteiger partial charge is 0.183 e. The van der Waals surface area contributed by atoms with E-state index in [4.69, 9.17) is 5.73 Å². The molecular formula is C11H7BrFN5. The van der Waals surface area contributed by atoms with Gasteiger partial charge in [0.1, 0.15) is 23.5 Å². The molecule has 0 fully saturated rings. The normalized spacial score (nSPS) is 11.0. The van der Waals surface area contributed by atoms with Crippen molar-refractivity contribution in [2.45, 2.75) is 0 Å². The first kappa shape index (κ1) is 11.1. The number of nitrogens with two attached hydrogens (primary N) is 1. The summed E-state index contributed by atoms with van der Waals surface area (Å²) in [6.07, 6.45) is 1.34. The summed E-state index contributed by atoms with van der Waals surface area (Å²) in [5.74, 6) is 0.463. The third-order valence-corrected chi connectivity index (χ3v) is 2.91. The minimum absolute atomic E-state index is 0.314. The quantitative estimate of drug-likeness (QED) is 0.724. The predicted octanol–water partition coefficient (Wildman–Crippen LogP) is 2.50. The highest BCUT2D eigenvalue weighted by Crippen LogP contribution is 2.25. The molecule has 0 aliphatic heterocycles. The van der Waals surface area contributed by atoms with Crippen molar-refractivity contribution in [2.24, 2.45) is 0 Å². The van der Waals surface area contributed by atoms with Gasteiger partial charge >= 0.3 is 0 Å². The standard InChI is InChI=1S/C11H7BrFN5/c12-6-1-5(2-7(13)3-6)10-17-8-9(14)15-4-16-11(8)18-10/h1-4H,(H3,14,15,16,17,18). The molecule has 90 valence electrons. The zero-order valence-corrected chi connectivity index (χ0v) is 10.6. The Morgan fingerprint density at radius 1 is 1.22 bits per heavy atom. The molecule has 0 saturated carbocycles. The van der Waals surface area contributed by atoms with E-state index in [0.717, 1.165) is 0 Å². The van der Waals surface area contributed by atoms with Crippen LogP contribution in [0.1, 0.15) is 0 Å². The van der Waals surface area contributed by atoms with Gasteiger partial charge in [0.05, 0.1) is 0 Å². The number of hydrogen-bond donors (Lipinski definition) is 2. The third-order valence-electron chi connectivity index (χ3n) is 2.45. The molecule has 3 aromatic rings. The molecule has 0 aliphatic carbocycles. The van der Waals surface area contributed by atoms with Crippen LogP contribution in [0.2, 0.25) is 0 Å². The molecule has 7 heteroatoms. The number of halogens is 2. The minimum atomic E-state index is -0.348. The van der Waals surface area contributed by atoms with Gasteiger partial charge in [-0.2, -0.15) is 0 Å². The molecule has 0 saturated heterocycles. The van der Waals surface area contributed by atoms with Gasteiger partial charge in [-0.3, -0.25) is 0 Å². The molecule has 3 N–H and O–H groups in total. The Kier molecular flexibility index (Phi) is 2.48. The molecule has 0 spiro atoms. The summed E-state index contributed by atoms with van der Waals surface area (Å²) in [7, 11) is 0. The Hall–Kier alpha value is -2.02. The number of imidazole rings is 1. The summed E-state index contributed by atoms with van der Waals surface area (Å²) in [5.41, 5.74) is 7.32. The molecule has 2 heterocycles. The Bertz CT molecular complexity index is 719. The highest BCUT2D eigenvalue weighted by molar-refractivity contribution is 9.10. The molecule has 18 heavy (non-hydrogen) atoms. The number of aromatic amines is 1. The summed E-state index contributed by atoms with van der Waals surface area (Å²) in [6.45, 7) is 0. The summed E-state index contributed by atoms with van der Waals surface area (Å²) in [5, 5.41) is 0. The van der Waals surface area contributed by atoms with E-state index in [1.807, 2.05) is 0 Å². The van der Waals surface area contributed by atoms with E-state index in [9.17, 15) is 4.39 Å². The van der Waals surface area contributed by atoms with Crippen LogP contribution in [0.15, 0.2) is 29.0 Å². The van der Waals surface area contributed by atoms with Gasteiger partial charge in [-0.05, 0) is 18.2 Å². The van der Waals surface area contributed by atoms with Gasteiger partial charge in [0.2, 0.25) is 0 Å². The molecule has 0 amide bonds. The topological polar surface area (TPSA) is 80.5 Å². The van der Waals surface area contributed by atoms with Gasteiger partial charge in [-0.1, -0.05) is 15.9 Å². The van der Waals surface area contributed by atoms with Crippen LogP contribution >= 0.6 is 15.9 Å². The van der Waals surface area contributed by atoms with E-state index in [-0.39, 0.29) is 5.82 Å². The summed E-state index contributed by atoms with van der Waals surface area (Å²) < 4.78 is 14.0. The lowest BCUT2D eigenvalue weighted by Gasteiger charge is -1.98. The molecule has 5 nitrogen and oxygen atoms in total. The average Bonchev–Trinajstić information content (AvgIpc) is 2.73. The SMILES string of the molecule is Nc1ncnc2nc(-c3cc(F)cc(Br)c3)[nH]c12. The zero-order chi connectivity index (χ0) is 12.7. The number of hydrogen-bond acceptors (Lipinski definition) is 4. The molecule has 2 aromatic heterocycles. The molecule has 0 radical (unpaired) electrons. The Morgan fingerprint density at radius 3 is 2.78 bits per heavy atom. The Labute approximate surface area is 109 Å². The van der Waals surface area contributed by atoms with Crippen LogP contribution in [0.3, 0.4) is 0 Å². The van der Waals surface area contributed by atoms with Crippen molar-refractivity contribution in [3.63, 3.8) is 0 Å². The Balaban J connectivity index is 2.22. The average molecular weight is 308 g/mol. The number of benzene rings is 1. The van der Waals surface area contributed by atoms with Crippen molar-refractivity contribution in [2.75, 3.05) is 5.73 Å². The van der Waals surface area contributed by atoms with Gasteiger partial charge < -0.3 is 10.7 Å². The van der Waals surface area contributed by atoms with E-state index in [0.29, 0.717) is 32.8 Å². The molecule has 3 rings (SSSR count). The second-order valence-corrected chi connectivity index (χ2v) is 4.62. The van der Waals surface area contributed by atoms with E-state index in [2.05, 4.69) is 35.9 Å². The monoisotopic (exact) mass is 307 g/mol. The molecule has 0 unspecified atom stereocenters. The first-order valence-electron chi connectivity index (χ1n) is 5.06. The minimum Gasteiger partial charge on any atom is -0.382 e. The van der Waals surface area contributed by atoms with Gasteiger partial charge in [-0.25, -0.2) is 19.3 Å². The van der Waals surface area contributed by atoms with Gasteiger partial charge in [0, 0.05) is 10.0 Å². The number of aromatic nitrogens is 4. The van der Waals surface area contributed by atoms with E-state index in [1.165, 1.54) is 18.5 Å². The van der Waals surface area contributed by atoms with Gasteiger partial charge in [-0.15, -0.1) is 0 Å². The van der Waals surface area contributed by atoms with Gasteiger partial charge in [0.25, 0.3) is 0 Å². The summed E-state index contributed by atoms with van der Waals surface area (Å²) in [4.78, 5) is 15.1. The van der Waals surface area contributed by atoms with Crippen molar-refractivity contribution < 1.29 is 4.39 Å². The zero-order valence-electron chi connectivity index (χ0n) is 8.98. The van der Waals surface area contributed by atoms with Crippen molar-refractivity contribution >= 4 is 32.9 Å². The number of fused-ring (bicyclic) bond motifs is 1. The first-order valence-corrected chi connectivity index (χ1v) is 5.85. The van der Waals surface area contributed by atoms with E-state index >= 15 is 0 Å². The van der Waals surface area contributed by atoms with Crippen LogP contribution in [0, 0.1) is 5.82 Å². The number of nitrogen functional groups attached to an aromatic ring is 1. The summed E-state index contributed by atoms with van der Waals surface area (Å²) >= 11 is 3.23. The van der Waals surface area contributed by atoms with Crippen LogP contribution in [-0.4, -0.2) is 19.9 Å². The van der Waals surface area contributed by atoms with E-state index in [1.54, 1.807) is 6.07 Å². The van der Waals surface area contributed by atoms with Crippen LogP contribution in [0.25, 0.3) is 22.6 Å². The number of rotatable bonds is 1. The Morgan fingerprint density at radius 2 is 2.06 bits per heavy atom. The van der Waals surface area contributed by atoms with Crippen LogP contribution in [0.4, 0.5) is 10.2 Å². The van der Waals surface area contributed by atoms with Crippen LogP contribution < -0.4 is 5.73 Å². The fourth-order valence-electron chi connectivity index (χ4n) is 1.67. The molecule has 0 atom stereocenters. The maximum atomic E-state index is 13.3. The molecule has 0 bridgehead atoms. The van der Waals surface area contributed by atoms with E-state index < -0.39 is 0 Å². The second kappa shape index (κ2) is 4.02. The lowest BCUT2D eigenvalue weighted by atomic mass is 10.2. The van der Waals surface area contributed by atoms with Gasteiger partial charge in [0.15, 0.2) is 11.5 Å². The molecule has 0 aliphatic rings. The third kappa shape index (κ3) is 1.82. The van der Waals surface area contributed by atoms with Crippen molar-refractivity contribution in [1.82, 2.24) is 19.9 Å². The van der Waals surface area contributed by atoms with Crippen LogP contribution in [0.5, 0.6) is 0 Å². The highest BCUT2D eigenvalue weighted by Gasteiger charge is 2.10. The van der Waals surface area contributed by atoms with Crippen LogP contribution in [-0.2, 0) is 0 Å². The number of nitrogens with zero attached hydrogens (tertiary/aromatic N) is 3. The fraction of sp³-hybridized carbons (Fsp3) is 0. The maximum absolute atomic E-state index is 13.3. The highest BCUT2D eigenvalue weighted by atomic mass is 79.9. The lowest BCUT2D eigenvalue weighted by molar-refractivity contribution is 0.627. The number of H-pyrrole nitrogens is 1. The molecule has 1 aromatic carbocycles. The second-order valence-electron chi connectivity index (χ2n) is 3.70. The lowest BCUT2D eigenvalue weighted by Crippen LogP contribution is -1.91. The predicted molar refractivity (Wildman–Crippen MR) is 69.2 cm³/mol. The largest absolute Gasteiger partial charge is 0.382 e. The molecular weight excluding hydrogens is 301 g/mol. The van der Waals surface area contributed by atoms with Crippen molar-refractivity contribution in [3.8, 4) is 11.4 Å². The maximum Gasteiger partial charge on any atom is 0.183 e. The fourth-order valence-corrected chi connectivity index (χ4v) is 2.14. The van der Waals surface area contributed by atoms with Crippen molar-refractivity contribution in [3.05, 3.63) is 34.8 Å². The van der Waals surface area contributed by atoms with Crippen molar-refractivity contribution in [1.29, 1.82) is 0 Å². The first-order chi connectivity index (χ1) is 8.63. The summed E-state index contributed by atoms with van der Waals surface area (Å²) in [6, 6.07) is 4.51. The number of nitrogens with one attached hydrogen (secondary N) is 1.